The zero-order valence-corrected chi connectivity index (χ0v) is 15.7. The third kappa shape index (κ3) is 2.92. The molecule has 1 N–H and O–H groups in total. The largest absolute Gasteiger partial charge is 0.342 e. The highest BCUT2D eigenvalue weighted by Crippen LogP contribution is 2.25. The van der Waals surface area contributed by atoms with Crippen LogP contribution in [0.4, 0.5) is 0 Å². The minimum Gasteiger partial charge on any atom is -0.342 e. The van der Waals surface area contributed by atoms with Gasteiger partial charge in [-0.1, -0.05) is 12.1 Å². The molecule has 6 heteroatoms. The van der Waals surface area contributed by atoms with Crippen molar-refractivity contribution in [2.45, 2.75) is 46.7 Å². The number of amides is 1. The molecule has 0 fully saturated rings. The highest BCUT2D eigenvalue weighted by molar-refractivity contribution is 5.96. The van der Waals surface area contributed by atoms with E-state index in [0.717, 1.165) is 28.2 Å². The molecule has 0 spiro atoms. The Morgan fingerprint density at radius 1 is 1.16 bits per heavy atom. The molecule has 0 saturated carbocycles. The second-order valence-corrected chi connectivity index (χ2v) is 6.79. The summed E-state index contributed by atoms with van der Waals surface area (Å²) in [6, 6.07) is 8.11. The van der Waals surface area contributed by atoms with Gasteiger partial charge in [-0.2, -0.15) is 5.10 Å². The van der Waals surface area contributed by atoms with Crippen molar-refractivity contribution in [3.05, 3.63) is 47.0 Å². The second-order valence-electron chi connectivity index (χ2n) is 6.79. The molecule has 3 rings (SSSR count). The number of hydrogen-bond donors (Lipinski definition) is 1. The van der Waals surface area contributed by atoms with Gasteiger partial charge in [-0.05, 0) is 46.8 Å². The summed E-state index contributed by atoms with van der Waals surface area (Å²) in [5, 5.41) is 7.42. The van der Waals surface area contributed by atoms with E-state index in [1.165, 1.54) is 0 Å². The predicted octanol–water partition coefficient (Wildman–Crippen LogP) is 3.46. The average molecular weight is 339 g/mol. The van der Waals surface area contributed by atoms with Gasteiger partial charge in [-0.15, -0.1) is 0 Å². The lowest BCUT2D eigenvalue weighted by molar-refractivity contribution is 0.0936. The molecule has 0 aliphatic carbocycles. The van der Waals surface area contributed by atoms with E-state index >= 15 is 0 Å². The summed E-state index contributed by atoms with van der Waals surface area (Å²) in [5.74, 6) is 0.752. The number of rotatable bonds is 4. The molecule has 2 aromatic heterocycles. The van der Waals surface area contributed by atoms with E-state index in [1.54, 1.807) is 4.68 Å². The molecule has 6 nitrogen and oxygen atoms in total. The first-order valence-electron chi connectivity index (χ1n) is 8.59. The van der Waals surface area contributed by atoms with Crippen LogP contribution < -0.4 is 5.32 Å². The van der Waals surface area contributed by atoms with Gasteiger partial charge >= 0.3 is 0 Å². The molecule has 2 heterocycles. The number of nitrogens with one attached hydrogen (secondary N) is 1. The van der Waals surface area contributed by atoms with Crippen LogP contribution in [0.5, 0.6) is 0 Å². The molecule has 132 valence electrons. The summed E-state index contributed by atoms with van der Waals surface area (Å²) in [7, 11) is 1.85. The fraction of sp³-hybridized carbons (Fsp3) is 0.421. The van der Waals surface area contributed by atoms with E-state index in [0.29, 0.717) is 5.56 Å². The van der Waals surface area contributed by atoms with Crippen LogP contribution in [0.25, 0.3) is 11.0 Å². The van der Waals surface area contributed by atoms with Crippen molar-refractivity contribution < 1.29 is 4.79 Å². The molecule has 0 saturated heterocycles. The van der Waals surface area contributed by atoms with E-state index in [2.05, 4.69) is 34.9 Å². The van der Waals surface area contributed by atoms with Crippen molar-refractivity contribution >= 4 is 16.9 Å². The van der Waals surface area contributed by atoms with Crippen LogP contribution in [0.2, 0.25) is 0 Å². The molecule has 0 bridgehead atoms. The molecule has 1 atom stereocenters. The van der Waals surface area contributed by atoms with Gasteiger partial charge in [-0.3, -0.25) is 9.48 Å². The van der Waals surface area contributed by atoms with Crippen LogP contribution in [0.15, 0.2) is 24.3 Å². The second kappa shape index (κ2) is 6.35. The monoisotopic (exact) mass is 339 g/mol. The molecule has 1 aromatic carbocycles. The van der Waals surface area contributed by atoms with Crippen molar-refractivity contribution in [1.29, 1.82) is 0 Å². The number of fused-ring (bicyclic) bond motifs is 1. The van der Waals surface area contributed by atoms with Crippen molar-refractivity contribution in [3.63, 3.8) is 0 Å². The summed E-state index contributed by atoms with van der Waals surface area (Å²) < 4.78 is 3.92. The van der Waals surface area contributed by atoms with Gasteiger partial charge in [0.05, 0.1) is 28.3 Å². The van der Waals surface area contributed by atoms with Crippen LogP contribution in [0.1, 0.15) is 60.4 Å². The summed E-state index contributed by atoms with van der Waals surface area (Å²) in [4.78, 5) is 17.5. The fourth-order valence-electron chi connectivity index (χ4n) is 3.35. The standard InChI is InChI=1S/C19H25N5O/c1-11(2)24-16-10-8-7-9-15(16)21-18(24)13(4)20-19(25)17-12(3)22-23(6)14(17)5/h7-11,13H,1-6H3,(H,20,25). The lowest BCUT2D eigenvalue weighted by atomic mass is 10.1. The third-order valence-corrected chi connectivity index (χ3v) is 4.61. The Bertz CT molecular complexity index is 935. The minimum atomic E-state index is -0.207. The van der Waals surface area contributed by atoms with Crippen molar-refractivity contribution in [2.75, 3.05) is 0 Å². The van der Waals surface area contributed by atoms with Gasteiger partial charge in [0, 0.05) is 18.8 Å². The zero-order chi connectivity index (χ0) is 18.3. The Morgan fingerprint density at radius 3 is 2.44 bits per heavy atom. The number of imidazole rings is 1. The molecular formula is C19H25N5O. The summed E-state index contributed by atoms with van der Waals surface area (Å²) in [6.07, 6.45) is 0. The Morgan fingerprint density at radius 2 is 1.84 bits per heavy atom. The number of carbonyl (C=O) groups is 1. The number of nitrogens with zero attached hydrogens (tertiary/aromatic N) is 4. The molecule has 25 heavy (non-hydrogen) atoms. The maximum atomic E-state index is 12.8. The molecule has 3 aromatic rings. The molecule has 1 amide bonds. The van der Waals surface area contributed by atoms with Crippen LogP contribution in [-0.4, -0.2) is 25.2 Å². The normalized spacial score (nSPS) is 12.8. The molecule has 0 aliphatic heterocycles. The smallest absolute Gasteiger partial charge is 0.255 e. The van der Waals surface area contributed by atoms with Gasteiger partial charge in [0.2, 0.25) is 0 Å². The quantitative estimate of drug-likeness (QED) is 0.792. The number of aromatic nitrogens is 4. The number of aryl methyl sites for hydroxylation is 2. The molecular weight excluding hydrogens is 314 g/mol. The Kier molecular flexibility index (Phi) is 4.37. The van der Waals surface area contributed by atoms with E-state index in [-0.39, 0.29) is 18.0 Å². The number of benzene rings is 1. The summed E-state index contributed by atoms with van der Waals surface area (Å²) in [6.45, 7) is 9.99. The van der Waals surface area contributed by atoms with E-state index in [4.69, 9.17) is 4.98 Å². The fourth-order valence-corrected chi connectivity index (χ4v) is 3.35. The Labute approximate surface area is 147 Å². The molecule has 0 aliphatic rings. The first kappa shape index (κ1) is 17.2. The molecule has 0 radical (unpaired) electrons. The first-order valence-corrected chi connectivity index (χ1v) is 8.59. The predicted molar refractivity (Wildman–Crippen MR) is 98.7 cm³/mol. The minimum absolute atomic E-state index is 0.113. The van der Waals surface area contributed by atoms with Crippen molar-refractivity contribution in [2.24, 2.45) is 7.05 Å². The van der Waals surface area contributed by atoms with E-state index in [9.17, 15) is 4.79 Å². The first-order chi connectivity index (χ1) is 11.8. The van der Waals surface area contributed by atoms with Crippen molar-refractivity contribution in [1.82, 2.24) is 24.6 Å². The van der Waals surface area contributed by atoms with Gasteiger partial charge in [0.1, 0.15) is 5.82 Å². The van der Waals surface area contributed by atoms with E-state index in [1.807, 2.05) is 46.0 Å². The lowest BCUT2D eigenvalue weighted by Crippen LogP contribution is -2.29. The average Bonchev–Trinajstić information content (AvgIpc) is 3.05. The number of para-hydroxylation sites is 2. The summed E-state index contributed by atoms with van der Waals surface area (Å²) >= 11 is 0. The van der Waals surface area contributed by atoms with Crippen molar-refractivity contribution in [3.8, 4) is 0 Å². The van der Waals surface area contributed by atoms with Crippen LogP contribution in [-0.2, 0) is 7.05 Å². The van der Waals surface area contributed by atoms with Gasteiger partial charge in [0.15, 0.2) is 0 Å². The Hall–Kier alpha value is -2.63. The lowest BCUT2D eigenvalue weighted by Gasteiger charge is -2.19. The van der Waals surface area contributed by atoms with Crippen LogP contribution in [0.3, 0.4) is 0 Å². The van der Waals surface area contributed by atoms with Gasteiger partial charge in [0.25, 0.3) is 5.91 Å². The third-order valence-electron chi connectivity index (χ3n) is 4.61. The number of hydrogen-bond acceptors (Lipinski definition) is 3. The van der Waals surface area contributed by atoms with Crippen LogP contribution in [0, 0.1) is 13.8 Å². The topological polar surface area (TPSA) is 64.7 Å². The highest BCUT2D eigenvalue weighted by atomic mass is 16.1. The zero-order valence-electron chi connectivity index (χ0n) is 15.7. The summed E-state index contributed by atoms with van der Waals surface area (Å²) in [5.41, 5.74) is 4.27. The van der Waals surface area contributed by atoms with Gasteiger partial charge < -0.3 is 9.88 Å². The molecule has 1 unspecified atom stereocenters. The number of carbonyl (C=O) groups excluding carboxylic acids is 1. The van der Waals surface area contributed by atoms with E-state index < -0.39 is 0 Å². The van der Waals surface area contributed by atoms with Crippen LogP contribution >= 0.6 is 0 Å². The Balaban J connectivity index is 1.96. The maximum Gasteiger partial charge on any atom is 0.255 e. The highest BCUT2D eigenvalue weighted by Gasteiger charge is 2.23. The SMILES string of the molecule is Cc1nn(C)c(C)c1C(=O)NC(C)c1nc2ccccc2n1C(C)C. The van der Waals surface area contributed by atoms with Gasteiger partial charge in [-0.25, -0.2) is 4.98 Å². The maximum absolute atomic E-state index is 12.8.